The number of piperidine rings is 3. The molecule has 8 N–H and O–H groups in total. The molecule has 122 heavy (non-hydrogen) atoms. The van der Waals surface area contributed by atoms with Crippen LogP contribution in [-0.2, 0) is 77.6 Å². The Labute approximate surface area is 714 Å². The van der Waals surface area contributed by atoms with E-state index in [1.54, 1.807) is 120 Å². The fraction of sp³-hybridized carbons (Fsp3) is 0.393. The molecule has 1 unspecified atom stereocenters. The quantitative estimate of drug-likeness (QED) is 0.0188. The molecule has 638 valence electrons. The highest BCUT2D eigenvalue weighted by Gasteiger charge is 2.58. The van der Waals surface area contributed by atoms with Crippen LogP contribution in [0, 0.1) is 35.2 Å². The third kappa shape index (κ3) is 20.0. The number of amides is 8. The summed E-state index contributed by atoms with van der Waals surface area (Å²) in [5.41, 5.74) is 10.0. The summed E-state index contributed by atoms with van der Waals surface area (Å²) in [5, 5.41) is 24.8. The van der Waals surface area contributed by atoms with Gasteiger partial charge in [0.2, 0.25) is 41.5 Å². The molecular weight excluding hydrogens is 1640 g/mol. The van der Waals surface area contributed by atoms with Gasteiger partial charge < -0.3 is 70.6 Å². The number of anilines is 1. The Morgan fingerprint density at radius 3 is 1.25 bits per heavy atom. The van der Waals surface area contributed by atoms with E-state index in [0.717, 1.165) is 38.7 Å². The maximum Gasteiger partial charge on any atom is 0.335 e. The normalized spacial score (nSPS) is 21.4. The number of nitrogens with one attached hydrogen (secondary N) is 5. The standard InChI is InChI=1S/C29H29ClFN5O4.C26H22ClFN4O4.C26H23ClFN3O5.C5H10O.C3H7N/c1-15(37)21-13-35(23-8-7-19(11-20(21)23)34-29(40)33-18-5-6-18)14-26(38)36-24-9-17(24)10-25(36)28(39)32-12-16-3-2-4-22(30)27(16)31;1-14(34)19-11-31(21-6-5-17(30-13-33)9-18(19)21)12-24(35)32-22-7-16(22)8-23(32)26(36)29-10-15-3-2-4-20(27)25(15)28;1-13(32)18-11-30(20-6-5-14(26(35)36)7-17(18)20)12-23(33)31-21-8-16(21)9-22(31)25(34)29-10-15-3-2-4-19(27)24(15)28;1-5-3-2-4-6-5;4-3-1-2-3/h2-4,7-8,11,13,17-18,24-25H,5-6,9-10,12,14H2,1H3,(H,32,39)(H2,33,34,40);2-6,9,11,16,22-23H,7-8,10,12H2,1H3,(H,29,36);2-7,11,16,21-22H,8-10,12H2,1H3,(H,29,34)(H,35,36);5H,2-4H2,1H3;3H,1-2,4H2/t17-,24-,25+;16-,22-,23+;16-,21-,22+;;/m111../s1. The highest BCUT2D eigenvalue weighted by molar-refractivity contribution is 6.31. The topological polar surface area (TPSA) is 357 Å². The number of carbonyl (C=O) groups excluding carboxylic acids is 11. The summed E-state index contributed by atoms with van der Waals surface area (Å²) in [6, 6.07) is 26.9. The third-order valence-electron chi connectivity index (χ3n) is 23.6. The van der Waals surface area contributed by atoms with E-state index in [4.69, 9.17) is 45.3 Å². The molecule has 9 fully saturated rings. The lowest BCUT2D eigenvalue weighted by Gasteiger charge is -2.27. The van der Waals surface area contributed by atoms with Gasteiger partial charge in [-0.1, -0.05) is 71.2 Å². The number of carbonyl (C=O) groups is 11. The van der Waals surface area contributed by atoms with E-state index >= 15 is 0 Å². The molecule has 4 saturated heterocycles. The number of isocyanates is 1. The average Bonchev–Trinajstić information content (AvgIpc) is 1.59. The van der Waals surface area contributed by atoms with Crippen LogP contribution < -0.4 is 32.3 Å². The van der Waals surface area contributed by atoms with Gasteiger partial charge in [0.05, 0.1) is 32.4 Å². The van der Waals surface area contributed by atoms with Crippen LogP contribution in [-0.4, -0.2) is 165 Å². The molecule has 3 aromatic heterocycles. The zero-order chi connectivity index (χ0) is 86.8. The molecule has 6 aromatic carbocycles. The fourth-order valence-corrected chi connectivity index (χ4v) is 17.2. The Kier molecular flexibility index (Phi) is 26.4. The van der Waals surface area contributed by atoms with Crippen molar-refractivity contribution in [3.05, 3.63) is 199 Å². The summed E-state index contributed by atoms with van der Waals surface area (Å²) in [6.45, 7) is 7.05. The van der Waals surface area contributed by atoms with Crippen molar-refractivity contribution in [1.29, 1.82) is 0 Å². The van der Waals surface area contributed by atoms with Gasteiger partial charge in [-0.2, -0.15) is 4.99 Å². The second-order valence-corrected chi connectivity index (χ2v) is 33.7. The lowest BCUT2D eigenvalue weighted by Crippen LogP contribution is -2.48. The van der Waals surface area contributed by atoms with E-state index in [1.807, 2.05) is 0 Å². The SMILES string of the molecule is CC(=O)c1cn(CC(=O)N2[C@@H]3C[C@@H]3C[C@H]2C(=O)NCc2cccc(Cl)c2F)c2ccc(C(=O)O)cc12.CC(=O)c1cn(CC(=O)N2[C@@H]3C[C@@H]3C[C@H]2C(=O)NCc2cccc(Cl)c2F)c2ccc(N=C=O)cc12.CC(=O)c1cn(CC(=O)N2[C@@H]3C[C@@H]3C[C@H]2C(=O)NCc2cccc(Cl)c2F)c2ccc(NC(=O)NC3CC3)cc12.CC1CCCO1.NC1CC1. The fourth-order valence-electron chi connectivity index (χ4n) is 16.6. The first kappa shape index (κ1) is 86.8. The Morgan fingerprint density at radius 2 is 0.902 bits per heavy atom. The van der Waals surface area contributed by atoms with Crippen molar-refractivity contribution in [3.63, 3.8) is 0 Å². The molecule has 0 spiro atoms. The maximum atomic E-state index is 14.3. The lowest BCUT2D eigenvalue weighted by atomic mass is 10.1. The number of aromatic carboxylic acids is 1. The van der Waals surface area contributed by atoms with Crippen molar-refractivity contribution in [2.75, 3.05) is 11.9 Å². The van der Waals surface area contributed by atoms with Crippen molar-refractivity contribution >= 4 is 150 Å². The number of ketones is 3. The molecule has 5 saturated carbocycles. The summed E-state index contributed by atoms with van der Waals surface area (Å²) in [5.74, 6) is -4.43. The maximum absolute atomic E-state index is 14.3. The van der Waals surface area contributed by atoms with Crippen LogP contribution in [0.5, 0.6) is 0 Å². The van der Waals surface area contributed by atoms with Gasteiger partial charge >= 0.3 is 12.0 Å². The minimum Gasteiger partial charge on any atom is -0.478 e. The number of carboxylic acid groups (broad SMARTS) is 1. The Bertz CT molecular complexity index is 5530. The van der Waals surface area contributed by atoms with Gasteiger partial charge in [-0.25, -0.2) is 27.6 Å². The summed E-state index contributed by atoms with van der Waals surface area (Å²) in [7, 11) is 0. The van der Waals surface area contributed by atoms with Gasteiger partial charge in [-0.3, -0.25) is 43.2 Å². The Morgan fingerprint density at radius 1 is 0.516 bits per heavy atom. The highest BCUT2D eigenvalue weighted by atomic mass is 35.5. The van der Waals surface area contributed by atoms with Crippen molar-refractivity contribution in [1.82, 2.24) is 49.7 Å². The first-order valence-corrected chi connectivity index (χ1v) is 41.8. The number of nitrogens with zero attached hydrogens (tertiary/aromatic N) is 7. The molecule has 9 aliphatic rings. The number of rotatable bonds is 22. The number of aromatic nitrogens is 3. The van der Waals surface area contributed by atoms with Crippen LogP contribution in [0.2, 0.25) is 15.1 Å². The van der Waals surface area contributed by atoms with Crippen LogP contribution in [0.3, 0.4) is 0 Å². The zero-order valence-electron chi connectivity index (χ0n) is 67.2. The van der Waals surface area contributed by atoms with E-state index in [1.165, 1.54) is 88.9 Å². The van der Waals surface area contributed by atoms with E-state index in [9.17, 15) is 75.8 Å². The van der Waals surface area contributed by atoms with Gasteiger partial charge in [0.15, 0.2) is 17.3 Å². The van der Waals surface area contributed by atoms with Crippen LogP contribution >= 0.6 is 34.8 Å². The molecule has 27 nitrogen and oxygen atoms in total. The van der Waals surface area contributed by atoms with Gasteiger partial charge in [0.25, 0.3) is 0 Å². The predicted octanol–water partition coefficient (Wildman–Crippen LogP) is 13.1. The molecule has 4 aliphatic heterocycles. The van der Waals surface area contributed by atoms with Crippen molar-refractivity contribution < 1.29 is 80.5 Å². The molecule has 10 atom stereocenters. The predicted molar refractivity (Wildman–Crippen MR) is 449 cm³/mol. The third-order valence-corrected chi connectivity index (χ3v) is 24.5. The van der Waals surface area contributed by atoms with Crippen LogP contribution in [0.25, 0.3) is 32.7 Å². The molecule has 9 aromatic rings. The highest BCUT2D eigenvalue weighted by Crippen LogP contribution is 2.51. The molecular formula is C89H91Cl3F3N13O14. The van der Waals surface area contributed by atoms with Crippen molar-refractivity contribution in [2.45, 2.75) is 198 Å². The second-order valence-electron chi connectivity index (χ2n) is 32.5. The minimum absolute atomic E-state index is 0.000965. The summed E-state index contributed by atoms with van der Waals surface area (Å²) < 4.78 is 52.8. The first-order chi connectivity index (χ1) is 58.4. The van der Waals surface area contributed by atoms with E-state index in [-0.39, 0.29) is 177 Å². The number of hydrogen-bond acceptors (Lipinski definition) is 15. The number of likely N-dealkylation sites (tertiary alicyclic amines) is 3. The van der Waals surface area contributed by atoms with Gasteiger partial charge in [-0.15, -0.1) is 0 Å². The number of aliphatic imine (C=N–C) groups is 1. The number of benzene rings is 6. The van der Waals surface area contributed by atoms with Crippen LogP contribution in [0.1, 0.15) is 163 Å². The largest absolute Gasteiger partial charge is 0.478 e. The smallest absolute Gasteiger partial charge is 0.335 e. The summed E-state index contributed by atoms with van der Waals surface area (Å²) >= 11 is 17.5. The summed E-state index contributed by atoms with van der Waals surface area (Å²) in [6.07, 6.45) is 18.0. The van der Waals surface area contributed by atoms with Crippen molar-refractivity contribution in [2.24, 2.45) is 28.5 Å². The number of fused-ring (bicyclic) bond motifs is 6. The Hall–Kier alpha value is -11.5. The number of urea groups is 1. The number of halogens is 6. The monoisotopic (exact) mass is 1730 g/mol. The van der Waals surface area contributed by atoms with Crippen molar-refractivity contribution in [3.8, 4) is 0 Å². The molecule has 8 amide bonds. The molecule has 7 heterocycles. The first-order valence-electron chi connectivity index (χ1n) is 40.6. The number of hydrogen-bond donors (Lipinski definition) is 7. The number of Topliss-reactive ketones (excluding diaryl/α,β-unsaturated/α-hetero) is 3. The molecule has 0 radical (unpaired) electrons. The van der Waals surface area contributed by atoms with Crippen LogP contribution in [0.15, 0.2) is 133 Å². The van der Waals surface area contributed by atoms with Gasteiger partial charge in [0.1, 0.15) is 55.2 Å². The molecule has 0 bridgehead atoms. The minimum atomic E-state index is -1.11. The van der Waals surface area contributed by atoms with Gasteiger partial charge in [-0.05, 0) is 195 Å². The number of carboxylic acids is 1. The van der Waals surface area contributed by atoms with E-state index in [2.05, 4.69) is 38.5 Å². The summed E-state index contributed by atoms with van der Waals surface area (Å²) in [4.78, 5) is 159. The molecule has 18 rings (SSSR count). The second kappa shape index (κ2) is 37.0. The number of nitrogens with two attached hydrogens (primary N) is 1. The van der Waals surface area contributed by atoms with E-state index < -0.39 is 41.5 Å². The zero-order valence-corrected chi connectivity index (χ0v) is 69.5. The van der Waals surface area contributed by atoms with Crippen LogP contribution in [0.4, 0.5) is 29.3 Å². The van der Waals surface area contributed by atoms with Gasteiger partial charge in [0, 0.05) is 147 Å². The number of ether oxygens (including phenoxy) is 1. The Balaban J connectivity index is 0.000000141. The molecule has 33 heteroatoms. The van der Waals surface area contributed by atoms with E-state index in [0.29, 0.717) is 92.2 Å². The molecule has 5 aliphatic carbocycles. The average molecular weight is 1730 g/mol. The lowest BCUT2D eigenvalue weighted by molar-refractivity contribution is -0.140.